The van der Waals surface area contributed by atoms with Crippen molar-refractivity contribution < 1.29 is 13.2 Å². The van der Waals surface area contributed by atoms with Crippen molar-refractivity contribution in [2.75, 3.05) is 0 Å². The molecule has 0 aliphatic heterocycles. The Morgan fingerprint density at radius 2 is 1.70 bits per heavy atom. The Morgan fingerprint density at radius 3 is 2.39 bits per heavy atom. The Hall–Kier alpha value is -2.90. The minimum absolute atomic E-state index is 0.0877. The smallest absolute Gasteiger partial charge is 0.244 e. The van der Waals surface area contributed by atoms with Crippen LogP contribution in [0, 0.1) is 0 Å². The lowest BCUT2D eigenvalue weighted by atomic mass is 10.1. The third-order valence-corrected chi connectivity index (χ3v) is 3.23. The van der Waals surface area contributed by atoms with E-state index in [0.717, 1.165) is 21.5 Å². The molecule has 0 saturated carbocycles. The zero-order valence-electron chi connectivity index (χ0n) is 11.7. The zero-order valence-corrected chi connectivity index (χ0v) is 11.7. The quantitative estimate of drug-likeness (QED) is 0.745. The number of hydrogen-bond acceptors (Lipinski definition) is 3. The summed E-state index contributed by atoms with van der Waals surface area (Å²) in [6.07, 6.45) is -4.43. The molecule has 0 aliphatic rings. The van der Waals surface area contributed by atoms with Crippen molar-refractivity contribution in [3.63, 3.8) is 0 Å². The molecule has 3 rings (SSSR count). The second kappa shape index (κ2) is 5.71. The summed E-state index contributed by atoms with van der Waals surface area (Å²) < 4.78 is 40.2. The third kappa shape index (κ3) is 3.15. The molecule has 0 saturated heterocycles. The van der Waals surface area contributed by atoms with Crippen LogP contribution in [0.4, 0.5) is 13.2 Å². The molecule has 118 valence electrons. The van der Waals surface area contributed by atoms with Gasteiger partial charge in [0.2, 0.25) is 0 Å². The molecule has 0 atom stereocenters. The van der Waals surface area contributed by atoms with E-state index in [9.17, 15) is 18.0 Å². The van der Waals surface area contributed by atoms with Crippen molar-refractivity contribution in [1.29, 1.82) is 0 Å². The first-order chi connectivity index (χ1) is 10.9. The van der Waals surface area contributed by atoms with Crippen LogP contribution in [0.25, 0.3) is 5.69 Å². The maximum absolute atomic E-state index is 12.7. The molecule has 0 spiro atoms. The topological polar surface area (TPSA) is 52.7 Å². The predicted octanol–water partition coefficient (Wildman–Crippen LogP) is 2.50. The largest absolute Gasteiger partial charge is 0.416 e. The average molecular weight is 320 g/mol. The molecule has 8 heteroatoms. The van der Waals surface area contributed by atoms with Crippen LogP contribution in [0.3, 0.4) is 0 Å². The first-order valence-electron chi connectivity index (χ1n) is 6.69. The fraction of sp³-hybridized carbons (Fsp3) is 0.133. The second-order valence-corrected chi connectivity index (χ2v) is 4.86. The number of halogens is 3. The molecule has 0 unspecified atom stereocenters. The molecule has 0 aliphatic carbocycles. The highest BCUT2D eigenvalue weighted by Gasteiger charge is 2.30. The zero-order chi connectivity index (χ0) is 16.4. The van der Waals surface area contributed by atoms with Crippen molar-refractivity contribution in [2.45, 2.75) is 12.7 Å². The molecule has 1 heterocycles. The van der Waals surface area contributed by atoms with Crippen LogP contribution in [-0.2, 0) is 12.7 Å². The number of para-hydroxylation sites is 1. The van der Waals surface area contributed by atoms with Gasteiger partial charge in [0, 0.05) is 0 Å². The van der Waals surface area contributed by atoms with Crippen molar-refractivity contribution in [1.82, 2.24) is 19.8 Å². The SMILES string of the molecule is O=c1n(Cc2cccc(C(F)(F)F)c2)nnn1-c1ccccc1. The fourth-order valence-electron chi connectivity index (χ4n) is 2.12. The number of aromatic nitrogens is 4. The lowest BCUT2D eigenvalue weighted by Crippen LogP contribution is -2.24. The van der Waals surface area contributed by atoms with E-state index in [0.29, 0.717) is 11.3 Å². The van der Waals surface area contributed by atoms with E-state index >= 15 is 0 Å². The van der Waals surface area contributed by atoms with Gasteiger partial charge in [0.1, 0.15) is 0 Å². The summed E-state index contributed by atoms with van der Waals surface area (Å²) in [6, 6.07) is 13.4. The van der Waals surface area contributed by atoms with Crippen LogP contribution in [0.1, 0.15) is 11.1 Å². The molecule has 3 aromatic rings. The Morgan fingerprint density at radius 1 is 0.957 bits per heavy atom. The first-order valence-corrected chi connectivity index (χ1v) is 6.69. The number of hydrogen-bond donors (Lipinski definition) is 0. The maximum atomic E-state index is 12.7. The van der Waals surface area contributed by atoms with Crippen molar-refractivity contribution in [3.8, 4) is 5.69 Å². The van der Waals surface area contributed by atoms with Crippen LogP contribution in [0.5, 0.6) is 0 Å². The Balaban J connectivity index is 1.91. The van der Waals surface area contributed by atoms with Crippen LogP contribution in [0.2, 0.25) is 0 Å². The van der Waals surface area contributed by atoms with E-state index in [1.54, 1.807) is 30.3 Å². The molecular formula is C15H11F3N4O. The first kappa shape index (κ1) is 15.0. The van der Waals surface area contributed by atoms with Gasteiger partial charge < -0.3 is 0 Å². The van der Waals surface area contributed by atoms with E-state index in [1.807, 2.05) is 0 Å². The van der Waals surface area contributed by atoms with Gasteiger partial charge in [0.25, 0.3) is 0 Å². The van der Waals surface area contributed by atoms with Gasteiger partial charge in [-0.15, -0.1) is 0 Å². The number of nitrogens with zero attached hydrogens (tertiary/aromatic N) is 4. The second-order valence-electron chi connectivity index (χ2n) is 4.86. The van der Waals surface area contributed by atoms with E-state index < -0.39 is 17.4 Å². The minimum atomic E-state index is -4.43. The highest BCUT2D eigenvalue weighted by atomic mass is 19.4. The summed E-state index contributed by atoms with van der Waals surface area (Å²) in [6.45, 7) is -0.0877. The molecule has 1 aromatic heterocycles. The van der Waals surface area contributed by atoms with Gasteiger partial charge >= 0.3 is 11.9 Å². The van der Waals surface area contributed by atoms with Gasteiger partial charge in [0.15, 0.2) is 0 Å². The van der Waals surface area contributed by atoms with E-state index in [2.05, 4.69) is 10.4 Å². The molecule has 0 amide bonds. The number of benzene rings is 2. The lowest BCUT2D eigenvalue weighted by molar-refractivity contribution is -0.137. The lowest BCUT2D eigenvalue weighted by Gasteiger charge is -2.08. The molecule has 5 nitrogen and oxygen atoms in total. The summed E-state index contributed by atoms with van der Waals surface area (Å²) in [5, 5.41) is 7.46. The highest BCUT2D eigenvalue weighted by molar-refractivity contribution is 5.29. The molecule has 0 bridgehead atoms. The van der Waals surface area contributed by atoms with Crippen molar-refractivity contribution >= 4 is 0 Å². The van der Waals surface area contributed by atoms with Crippen molar-refractivity contribution in [2.24, 2.45) is 0 Å². The monoisotopic (exact) mass is 320 g/mol. The van der Waals surface area contributed by atoms with E-state index in [4.69, 9.17) is 0 Å². The number of tetrazole rings is 1. The minimum Gasteiger partial charge on any atom is -0.244 e. The van der Waals surface area contributed by atoms with E-state index in [1.165, 1.54) is 12.1 Å². The summed E-state index contributed by atoms with van der Waals surface area (Å²) in [5.74, 6) is 0. The third-order valence-electron chi connectivity index (χ3n) is 3.23. The standard InChI is InChI=1S/C15H11F3N4O/c16-15(17,18)12-6-4-5-11(9-12)10-21-14(23)22(20-19-21)13-7-2-1-3-8-13/h1-9H,10H2. The Kier molecular flexibility index (Phi) is 3.73. The van der Waals surface area contributed by atoms with Gasteiger partial charge in [-0.05, 0) is 40.3 Å². The molecule has 23 heavy (non-hydrogen) atoms. The van der Waals surface area contributed by atoms with Crippen LogP contribution in [-0.4, -0.2) is 19.8 Å². The van der Waals surface area contributed by atoms with Gasteiger partial charge in [-0.1, -0.05) is 30.3 Å². The van der Waals surface area contributed by atoms with Crippen LogP contribution in [0.15, 0.2) is 59.4 Å². The summed E-state index contributed by atoms with van der Waals surface area (Å²) >= 11 is 0. The normalized spacial score (nSPS) is 11.6. The molecule has 0 radical (unpaired) electrons. The van der Waals surface area contributed by atoms with Gasteiger partial charge in [-0.2, -0.15) is 22.5 Å². The molecule has 0 N–H and O–H groups in total. The van der Waals surface area contributed by atoms with Gasteiger partial charge in [0.05, 0.1) is 17.8 Å². The van der Waals surface area contributed by atoms with Gasteiger partial charge in [-0.25, -0.2) is 4.79 Å². The van der Waals surface area contributed by atoms with E-state index in [-0.39, 0.29) is 6.54 Å². The van der Waals surface area contributed by atoms with Crippen LogP contribution >= 0.6 is 0 Å². The highest BCUT2D eigenvalue weighted by Crippen LogP contribution is 2.29. The van der Waals surface area contributed by atoms with Crippen molar-refractivity contribution in [3.05, 3.63) is 76.2 Å². The Bertz CT molecular complexity index is 868. The summed E-state index contributed by atoms with van der Waals surface area (Å²) in [5.41, 5.74) is -0.429. The molecule has 0 fully saturated rings. The van der Waals surface area contributed by atoms with Gasteiger partial charge in [-0.3, -0.25) is 0 Å². The number of rotatable bonds is 3. The molecular weight excluding hydrogens is 309 g/mol. The summed E-state index contributed by atoms with van der Waals surface area (Å²) in [7, 11) is 0. The average Bonchev–Trinajstić information content (AvgIpc) is 2.89. The Labute approximate surface area is 128 Å². The predicted molar refractivity (Wildman–Crippen MR) is 76.2 cm³/mol. The van der Waals surface area contributed by atoms with Crippen LogP contribution < -0.4 is 5.69 Å². The maximum Gasteiger partial charge on any atom is 0.416 e. The molecule has 2 aromatic carbocycles. The fourth-order valence-corrected chi connectivity index (χ4v) is 2.12. The summed E-state index contributed by atoms with van der Waals surface area (Å²) in [4.78, 5) is 12.2. The number of alkyl halides is 3.